The van der Waals surface area contributed by atoms with E-state index in [0.29, 0.717) is 5.56 Å². The monoisotopic (exact) mass is 274 g/mol. The van der Waals surface area contributed by atoms with Gasteiger partial charge in [0.1, 0.15) is 11.6 Å². The molecular weight excluding hydrogens is 258 g/mol. The Balaban J connectivity index is 1.99. The number of nitrogens with two attached hydrogens (primary N) is 1. The maximum atomic E-state index is 14.0. The zero-order valence-electron chi connectivity index (χ0n) is 10.9. The van der Waals surface area contributed by atoms with Crippen LogP contribution in [0.1, 0.15) is 35.1 Å². The zero-order chi connectivity index (χ0) is 14.1. The maximum absolute atomic E-state index is 14.0. The smallest absolute Gasteiger partial charge is 0.130 e. The van der Waals surface area contributed by atoms with E-state index in [1.165, 1.54) is 23.3 Å². The van der Waals surface area contributed by atoms with E-state index < -0.39 is 11.6 Å². The van der Waals surface area contributed by atoms with Crippen LogP contribution in [-0.4, -0.2) is 0 Å². The van der Waals surface area contributed by atoms with Crippen molar-refractivity contribution >= 4 is 0 Å². The van der Waals surface area contributed by atoms with Gasteiger partial charge in [-0.2, -0.15) is 0 Å². The molecule has 2 nitrogen and oxygen atoms in total. The first-order chi connectivity index (χ1) is 9.70. The lowest BCUT2D eigenvalue weighted by Crippen LogP contribution is -2.32. The zero-order valence-corrected chi connectivity index (χ0v) is 10.9. The summed E-state index contributed by atoms with van der Waals surface area (Å²) < 4.78 is 27.0. The third-order valence-corrected chi connectivity index (χ3v) is 4.06. The summed E-state index contributed by atoms with van der Waals surface area (Å²) in [5.41, 5.74) is 5.58. The van der Waals surface area contributed by atoms with Gasteiger partial charge >= 0.3 is 0 Å². The minimum absolute atomic E-state index is 0.108. The highest BCUT2D eigenvalue weighted by atomic mass is 19.1. The Hall–Kier alpha value is -1.78. The number of hydrogen-bond donors (Lipinski definition) is 2. The van der Waals surface area contributed by atoms with Crippen molar-refractivity contribution in [2.45, 2.75) is 24.8 Å². The number of halogens is 2. The molecule has 2 unspecified atom stereocenters. The molecule has 0 bridgehead atoms. The minimum atomic E-state index is -0.575. The Morgan fingerprint density at radius 3 is 2.70 bits per heavy atom. The predicted octanol–water partition coefficient (Wildman–Crippen LogP) is 3.20. The van der Waals surface area contributed by atoms with Gasteiger partial charge in [-0.05, 0) is 30.0 Å². The van der Waals surface area contributed by atoms with Gasteiger partial charge < -0.3 is 0 Å². The molecule has 0 spiro atoms. The van der Waals surface area contributed by atoms with Crippen molar-refractivity contribution in [2.24, 2.45) is 5.84 Å². The van der Waals surface area contributed by atoms with Gasteiger partial charge in [0.2, 0.25) is 0 Å². The molecule has 3 rings (SSSR count). The van der Waals surface area contributed by atoms with E-state index in [9.17, 15) is 8.78 Å². The molecule has 1 aliphatic rings. The largest absolute Gasteiger partial charge is 0.271 e. The number of hydrogen-bond acceptors (Lipinski definition) is 2. The number of benzene rings is 2. The number of aryl methyl sites for hydroxylation is 1. The lowest BCUT2D eigenvalue weighted by atomic mass is 9.88. The number of hydrazine groups is 1. The van der Waals surface area contributed by atoms with Crippen LogP contribution >= 0.6 is 0 Å². The van der Waals surface area contributed by atoms with Gasteiger partial charge in [0.25, 0.3) is 0 Å². The van der Waals surface area contributed by atoms with Crippen molar-refractivity contribution in [2.75, 3.05) is 0 Å². The Morgan fingerprint density at radius 1 is 1.15 bits per heavy atom. The molecule has 104 valence electrons. The lowest BCUT2D eigenvalue weighted by Gasteiger charge is -2.24. The van der Waals surface area contributed by atoms with Crippen LogP contribution in [-0.2, 0) is 6.42 Å². The Morgan fingerprint density at radius 2 is 1.95 bits per heavy atom. The molecule has 0 saturated heterocycles. The van der Waals surface area contributed by atoms with Gasteiger partial charge in [-0.25, -0.2) is 8.78 Å². The first kappa shape index (κ1) is 13.2. The van der Waals surface area contributed by atoms with Crippen molar-refractivity contribution in [3.05, 3.63) is 70.8 Å². The summed E-state index contributed by atoms with van der Waals surface area (Å²) in [7, 11) is 0. The predicted molar refractivity (Wildman–Crippen MR) is 73.9 cm³/mol. The molecule has 0 radical (unpaired) electrons. The van der Waals surface area contributed by atoms with E-state index in [-0.39, 0.29) is 12.0 Å². The van der Waals surface area contributed by atoms with Crippen LogP contribution < -0.4 is 11.3 Å². The van der Waals surface area contributed by atoms with Crippen LogP contribution in [0.15, 0.2) is 42.5 Å². The molecule has 0 fully saturated rings. The van der Waals surface area contributed by atoms with Gasteiger partial charge in [-0.3, -0.25) is 11.3 Å². The molecule has 3 N–H and O–H groups in total. The fourth-order valence-electron chi connectivity index (χ4n) is 3.11. The Labute approximate surface area is 116 Å². The van der Waals surface area contributed by atoms with E-state index in [1.54, 1.807) is 0 Å². The summed E-state index contributed by atoms with van der Waals surface area (Å²) in [5.74, 6) is 4.61. The molecule has 0 aromatic heterocycles. The van der Waals surface area contributed by atoms with Crippen molar-refractivity contribution in [3.8, 4) is 0 Å². The molecule has 0 heterocycles. The fraction of sp³-hybridized carbons (Fsp3) is 0.250. The SMILES string of the molecule is NNC(c1ccc(F)cc1F)C1CCc2ccccc21. The molecule has 2 aromatic carbocycles. The van der Waals surface area contributed by atoms with Crippen molar-refractivity contribution in [1.29, 1.82) is 0 Å². The quantitative estimate of drug-likeness (QED) is 0.666. The number of fused-ring (bicyclic) bond motifs is 1. The second kappa shape index (κ2) is 5.31. The van der Waals surface area contributed by atoms with Crippen LogP contribution in [0.3, 0.4) is 0 Å². The fourth-order valence-corrected chi connectivity index (χ4v) is 3.11. The second-order valence-corrected chi connectivity index (χ2v) is 5.15. The number of rotatable bonds is 3. The number of nitrogens with one attached hydrogen (secondary N) is 1. The van der Waals surface area contributed by atoms with Crippen LogP contribution in [0.2, 0.25) is 0 Å². The van der Waals surface area contributed by atoms with Gasteiger partial charge in [0.05, 0.1) is 6.04 Å². The van der Waals surface area contributed by atoms with Gasteiger partial charge in [-0.15, -0.1) is 0 Å². The molecule has 2 aromatic rings. The standard InChI is InChI=1S/C16H16F2N2/c17-11-6-8-14(15(18)9-11)16(20-19)13-7-5-10-3-1-2-4-12(10)13/h1-4,6,8-9,13,16,20H,5,7,19H2. The second-order valence-electron chi connectivity index (χ2n) is 5.15. The van der Waals surface area contributed by atoms with Gasteiger partial charge in [0, 0.05) is 17.5 Å². The average molecular weight is 274 g/mol. The normalized spacial score (nSPS) is 18.9. The van der Waals surface area contributed by atoms with Crippen LogP contribution in [0.25, 0.3) is 0 Å². The summed E-state index contributed by atoms with van der Waals surface area (Å²) in [4.78, 5) is 0. The summed E-state index contributed by atoms with van der Waals surface area (Å²) in [6.07, 6.45) is 1.87. The molecule has 1 aliphatic carbocycles. The van der Waals surface area contributed by atoms with Crippen LogP contribution in [0, 0.1) is 11.6 Å². The lowest BCUT2D eigenvalue weighted by molar-refractivity contribution is 0.431. The first-order valence-electron chi connectivity index (χ1n) is 6.69. The molecule has 0 aliphatic heterocycles. The molecule has 4 heteroatoms. The van der Waals surface area contributed by atoms with E-state index in [4.69, 9.17) is 5.84 Å². The molecule has 2 atom stereocenters. The van der Waals surface area contributed by atoms with E-state index >= 15 is 0 Å². The maximum Gasteiger partial charge on any atom is 0.130 e. The third-order valence-electron chi connectivity index (χ3n) is 4.06. The summed E-state index contributed by atoms with van der Waals surface area (Å²) in [6, 6.07) is 11.4. The van der Waals surface area contributed by atoms with E-state index in [1.807, 2.05) is 12.1 Å². The molecule has 20 heavy (non-hydrogen) atoms. The van der Waals surface area contributed by atoms with Crippen LogP contribution in [0.5, 0.6) is 0 Å². The Kier molecular flexibility index (Phi) is 3.51. The molecule has 0 saturated carbocycles. The van der Waals surface area contributed by atoms with E-state index in [2.05, 4.69) is 17.6 Å². The van der Waals surface area contributed by atoms with Gasteiger partial charge in [-0.1, -0.05) is 30.3 Å². The first-order valence-corrected chi connectivity index (χ1v) is 6.69. The summed E-state index contributed by atoms with van der Waals surface area (Å²) >= 11 is 0. The molecular formula is C16H16F2N2. The third kappa shape index (κ3) is 2.21. The molecule has 0 amide bonds. The Bertz CT molecular complexity index is 628. The van der Waals surface area contributed by atoms with E-state index in [0.717, 1.165) is 18.9 Å². The van der Waals surface area contributed by atoms with Crippen molar-refractivity contribution in [1.82, 2.24) is 5.43 Å². The highest BCUT2D eigenvalue weighted by Crippen LogP contribution is 2.41. The van der Waals surface area contributed by atoms with Gasteiger partial charge in [0.15, 0.2) is 0 Å². The minimum Gasteiger partial charge on any atom is -0.271 e. The van der Waals surface area contributed by atoms with Crippen molar-refractivity contribution in [3.63, 3.8) is 0 Å². The highest BCUT2D eigenvalue weighted by Gasteiger charge is 2.31. The topological polar surface area (TPSA) is 38.0 Å². The summed E-state index contributed by atoms with van der Waals surface area (Å²) in [5, 5.41) is 0. The van der Waals surface area contributed by atoms with Crippen molar-refractivity contribution < 1.29 is 8.78 Å². The average Bonchev–Trinajstić information content (AvgIpc) is 2.86. The summed E-state index contributed by atoms with van der Waals surface area (Å²) in [6.45, 7) is 0. The highest BCUT2D eigenvalue weighted by molar-refractivity contribution is 5.38. The van der Waals surface area contributed by atoms with Crippen LogP contribution in [0.4, 0.5) is 8.78 Å².